The first kappa shape index (κ1) is 11.8. The summed E-state index contributed by atoms with van der Waals surface area (Å²) >= 11 is 0. The van der Waals surface area contributed by atoms with Crippen molar-refractivity contribution in [3.05, 3.63) is 36.1 Å². The molecule has 96 valence electrons. The smallest absolute Gasteiger partial charge is 0.134 e. The Hall–Kier alpha value is -1.28. The second-order valence-electron chi connectivity index (χ2n) is 6.42. The van der Waals surface area contributed by atoms with Gasteiger partial charge < -0.3 is 9.73 Å². The third kappa shape index (κ3) is 2.30. The molecule has 1 aromatic heterocycles. The fraction of sp³-hybridized carbons (Fsp3) is 0.500. The van der Waals surface area contributed by atoms with Gasteiger partial charge in [0.05, 0.1) is 6.26 Å². The molecule has 0 amide bonds. The minimum atomic E-state index is 0.214. The summed E-state index contributed by atoms with van der Waals surface area (Å²) in [4.78, 5) is 0. The molecule has 2 aromatic rings. The van der Waals surface area contributed by atoms with Gasteiger partial charge in [0.2, 0.25) is 0 Å². The third-order valence-corrected chi connectivity index (χ3v) is 3.73. The Bertz CT molecular complexity index is 549. The number of hydrogen-bond acceptors (Lipinski definition) is 2. The SMILES string of the molecule is CC(C)(C)NCC1CC1c1coc2ccccc12. The lowest BCUT2D eigenvalue weighted by Gasteiger charge is -2.20. The third-order valence-electron chi connectivity index (χ3n) is 3.73. The Labute approximate surface area is 108 Å². The molecular weight excluding hydrogens is 222 g/mol. The van der Waals surface area contributed by atoms with Crippen LogP contribution >= 0.6 is 0 Å². The van der Waals surface area contributed by atoms with Gasteiger partial charge in [0.15, 0.2) is 0 Å². The minimum absolute atomic E-state index is 0.214. The molecule has 2 nitrogen and oxygen atoms in total. The van der Waals surface area contributed by atoms with E-state index in [4.69, 9.17) is 4.42 Å². The summed E-state index contributed by atoms with van der Waals surface area (Å²) < 4.78 is 5.62. The van der Waals surface area contributed by atoms with Crippen LogP contribution < -0.4 is 5.32 Å². The maximum atomic E-state index is 5.62. The summed E-state index contributed by atoms with van der Waals surface area (Å²) in [6, 6.07) is 8.33. The maximum Gasteiger partial charge on any atom is 0.134 e. The van der Waals surface area contributed by atoms with E-state index in [0.29, 0.717) is 5.92 Å². The zero-order valence-electron chi connectivity index (χ0n) is 11.4. The van der Waals surface area contributed by atoms with E-state index in [1.165, 1.54) is 17.4 Å². The van der Waals surface area contributed by atoms with Crippen LogP contribution in [0.2, 0.25) is 0 Å². The first-order valence-electron chi connectivity index (χ1n) is 6.76. The van der Waals surface area contributed by atoms with Crippen molar-refractivity contribution in [1.82, 2.24) is 5.32 Å². The molecule has 3 rings (SSSR count). The summed E-state index contributed by atoms with van der Waals surface area (Å²) in [5, 5.41) is 4.89. The van der Waals surface area contributed by atoms with Gasteiger partial charge in [0.1, 0.15) is 5.58 Å². The number of rotatable bonds is 3. The molecule has 1 aliphatic rings. The highest BCUT2D eigenvalue weighted by Crippen LogP contribution is 2.49. The monoisotopic (exact) mass is 243 g/mol. The molecule has 0 bridgehead atoms. The van der Waals surface area contributed by atoms with E-state index in [1.807, 2.05) is 18.4 Å². The topological polar surface area (TPSA) is 25.2 Å². The van der Waals surface area contributed by atoms with Gasteiger partial charge >= 0.3 is 0 Å². The summed E-state index contributed by atoms with van der Waals surface area (Å²) in [6.45, 7) is 7.76. The lowest BCUT2D eigenvalue weighted by Crippen LogP contribution is -2.37. The van der Waals surface area contributed by atoms with Crippen molar-refractivity contribution >= 4 is 11.0 Å². The van der Waals surface area contributed by atoms with Gasteiger partial charge in [-0.1, -0.05) is 18.2 Å². The van der Waals surface area contributed by atoms with Crippen molar-refractivity contribution in [1.29, 1.82) is 0 Å². The van der Waals surface area contributed by atoms with Gasteiger partial charge in [-0.2, -0.15) is 0 Å². The average Bonchev–Trinajstić information content (AvgIpc) is 2.96. The molecule has 1 aromatic carbocycles. The standard InChI is InChI=1S/C16H21NO/c1-16(2,3)17-9-11-8-13(11)14-10-18-15-7-5-4-6-12(14)15/h4-7,10-11,13,17H,8-9H2,1-3H3. The Kier molecular flexibility index (Phi) is 2.70. The van der Waals surface area contributed by atoms with E-state index < -0.39 is 0 Å². The molecule has 1 aliphatic carbocycles. The van der Waals surface area contributed by atoms with Crippen LogP contribution in [-0.4, -0.2) is 12.1 Å². The van der Waals surface area contributed by atoms with Crippen LogP contribution in [0.1, 0.15) is 38.7 Å². The van der Waals surface area contributed by atoms with E-state index in [9.17, 15) is 0 Å². The highest BCUT2D eigenvalue weighted by Gasteiger charge is 2.40. The quantitative estimate of drug-likeness (QED) is 0.883. The molecular formula is C16H21NO. The summed E-state index contributed by atoms with van der Waals surface area (Å²) in [7, 11) is 0. The average molecular weight is 243 g/mol. The number of para-hydroxylation sites is 1. The Morgan fingerprint density at radius 3 is 2.83 bits per heavy atom. The van der Waals surface area contributed by atoms with Crippen molar-refractivity contribution in [2.75, 3.05) is 6.54 Å². The lowest BCUT2D eigenvalue weighted by atomic mass is 10.1. The Balaban J connectivity index is 1.71. The fourth-order valence-electron chi connectivity index (χ4n) is 2.58. The summed E-state index contributed by atoms with van der Waals surface area (Å²) in [5.41, 5.74) is 2.62. The van der Waals surface area contributed by atoms with Crippen molar-refractivity contribution < 1.29 is 4.42 Å². The summed E-state index contributed by atoms with van der Waals surface area (Å²) in [5.74, 6) is 1.45. The van der Waals surface area contributed by atoms with Crippen LogP contribution in [0.15, 0.2) is 34.9 Å². The van der Waals surface area contributed by atoms with Crippen molar-refractivity contribution in [2.24, 2.45) is 5.92 Å². The zero-order valence-corrected chi connectivity index (χ0v) is 11.4. The fourth-order valence-corrected chi connectivity index (χ4v) is 2.58. The van der Waals surface area contributed by atoms with Crippen LogP contribution in [0.4, 0.5) is 0 Å². The minimum Gasteiger partial charge on any atom is -0.464 e. The first-order chi connectivity index (χ1) is 8.54. The van der Waals surface area contributed by atoms with E-state index in [0.717, 1.165) is 18.0 Å². The van der Waals surface area contributed by atoms with Crippen molar-refractivity contribution in [3.63, 3.8) is 0 Å². The number of hydrogen-bond donors (Lipinski definition) is 1. The van der Waals surface area contributed by atoms with Crippen LogP contribution in [0, 0.1) is 5.92 Å². The van der Waals surface area contributed by atoms with Crippen LogP contribution in [0.5, 0.6) is 0 Å². The molecule has 0 radical (unpaired) electrons. The number of benzene rings is 1. The van der Waals surface area contributed by atoms with Crippen molar-refractivity contribution in [2.45, 2.75) is 38.6 Å². The van der Waals surface area contributed by atoms with Gasteiger partial charge in [-0.3, -0.25) is 0 Å². The van der Waals surface area contributed by atoms with Gasteiger partial charge in [0.25, 0.3) is 0 Å². The molecule has 0 saturated heterocycles. The van der Waals surface area contributed by atoms with E-state index in [2.05, 4.69) is 38.2 Å². The molecule has 1 heterocycles. The maximum absolute atomic E-state index is 5.62. The lowest BCUT2D eigenvalue weighted by molar-refractivity contribution is 0.414. The molecule has 2 heteroatoms. The Morgan fingerprint density at radius 2 is 2.06 bits per heavy atom. The molecule has 2 atom stereocenters. The van der Waals surface area contributed by atoms with E-state index in [1.54, 1.807) is 0 Å². The molecule has 2 unspecified atom stereocenters. The highest BCUT2D eigenvalue weighted by molar-refractivity contribution is 5.81. The molecule has 1 N–H and O–H groups in total. The predicted octanol–water partition coefficient (Wildman–Crippen LogP) is 3.92. The number of fused-ring (bicyclic) bond motifs is 1. The Morgan fingerprint density at radius 1 is 1.28 bits per heavy atom. The predicted molar refractivity (Wildman–Crippen MR) is 74.8 cm³/mol. The molecule has 1 saturated carbocycles. The molecule has 0 aliphatic heterocycles. The normalized spacial score (nSPS) is 23.5. The van der Waals surface area contributed by atoms with Gasteiger partial charge in [-0.25, -0.2) is 0 Å². The zero-order chi connectivity index (χ0) is 12.8. The molecule has 18 heavy (non-hydrogen) atoms. The number of furan rings is 1. The van der Waals surface area contributed by atoms with Gasteiger partial charge in [-0.05, 0) is 51.6 Å². The molecule has 1 fully saturated rings. The largest absolute Gasteiger partial charge is 0.464 e. The van der Waals surface area contributed by atoms with E-state index >= 15 is 0 Å². The van der Waals surface area contributed by atoms with Crippen LogP contribution in [0.25, 0.3) is 11.0 Å². The second-order valence-corrected chi connectivity index (χ2v) is 6.42. The highest BCUT2D eigenvalue weighted by atomic mass is 16.3. The van der Waals surface area contributed by atoms with Gasteiger partial charge in [0, 0.05) is 16.5 Å². The molecule has 0 spiro atoms. The number of nitrogens with one attached hydrogen (secondary N) is 1. The first-order valence-corrected chi connectivity index (χ1v) is 6.76. The van der Waals surface area contributed by atoms with Crippen LogP contribution in [0.3, 0.4) is 0 Å². The van der Waals surface area contributed by atoms with Crippen LogP contribution in [-0.2, 0) is 0 Å². The van der Waals surface area contributed by atoms with E-state index in [-0.39, 0.29) is 5.54 Å². The van der Waals surface area contributed by atoms with Gasteiger partial charge in [-0.15, -0.1) is 0 Å². The van der Waals surface area contributed by atoms with Crippen molar-refractivity contribution in [3.8, 4) is 0 Å². The summed E-state index contributed by atoms with van der Waals surface area (Å²) in [6.07, 6.45) is 3.24. The second kappa shape index (κ2) is 4.13.